The van der Waals surface area contributed by atoms with Crippen LogP contribution in [-0.2, 0) is 16.1 Å². The summed E-state index contributed by atoms with van der Waals surface area (Å²) in [6.45, 7) is 3.88. The van der Waals surface area contributed by atoms with Crippen molar-refractivity contribution >= 4 is 45.0 Å². The molecule has 0 radical (unpaired) electrons. The molecule has 3 aromatic rings. The highest BCUT2D eigenvalue weighted by molar-refractivity contribution is 7.17. The molecule has 2 aromatic heterocycles. The Morgan fingerprint density at radius 3 is 2.69 bits per heavy atom. The third-order valence-electron chi connectivity index (χ3n) is 5.43. The lowest BCUT2D eigenvalue weighted by atomic mass is 9.97. The van der Waals surface area contributed by atoms with E-state index in [1.54, 1.807) is 11.3 Å². The maximum atomic E-state index is 13.3. The van der Waals surface area contributed by atoms with E-state index in [-0.39, 0.29) is 17.8 Å². The maximum absolute atomic E-state index is 13.3. The molecule has 0 spiro atoms. The van der Waals surface area contributed by atoms with Crippen LogP contribution >= 0.6 is 22.9 Å². The van der Waals surface area contributed by atoms with Gasteiger partial charge < -0.3 is 14.2 Å². The number of carbonyl (C=O) groups is 2. The summed E-state index contributed by atoms with van der Waals surface area (Å²) in [6, 6.07) is 11.7. The lowest BCUT2D eigenvalue weighted by molar-refractivity contribution is -0.149. The van der Waals surface area contributed by atoms with Crippen molar-refractivity contribution < 1.29 is 14.3 Å². The molecule has 1 fully saturated rings. The van der Waals surface area contributed by atoms with Gasteiger partial charge in [-0.3, -0.25) is 9.59 Å². The minimum absolute atomic E-state index is 0.00256. The Labute approximate surface area is 178 Å². The number of thiophene rings is 1. The van der Waals surface area contributed by atoms with Crippen molar-refractivity contribution in [3.05, 3.63) is 58.1 Å². The first-order valence-corrected chi connectivity index (χ1v) is 11.1. The van der Waals surface area contributed by atoms with Crippen molar-refractivity contribution in [3.8, 4) is 0 Å². The van der Waals surface area contributed by atoms with Gasteiger partial charge in [-0.05, 0) is 48.9 Å². The standard InChI is InChI=1S/C22H23ClN2O3S/c1-2-28-22(27)15-7-10-24(11-8-15)21(26)19-13-20-18(9-12-29-20)25(19)14-16-5-3-4-6-17(16)23/h3-6,9,12-13,15H,2,7-8,10-11,14H2,1H3. The number of esters is 1. The molecule has 4 rings (SSSR count). The van der Waals surface area contributed by atoms with Crippen LogP contribution in [0.15, 0.2) is 41.8 Å². The van der Waals surface area contributed by atoms with Gasteiger partial charge in [-0.15, -0.1) is 11.3 Å². The van der Waals surface area contributed by atoms with E-state index < -0.39 is 0 Å². The molecule has 0 atom stereocenters. The third-order valence-corrected chi connectivity index (χ3v) is 6.65. The van der Waals surface area contributed by atoms with Crippen LogP contribution in [0.25, 0.3) is 10.2 Å². The van der Waals surface area contributed by atoms with E-state index >= 15 is 0 Å². The Morgan fingerprint density at radius 1 is 1.21 bits per heavy atom. The topological polar surface area (TPSA) is 51.5 Å². The highest BCUT2D eigenvalue weighted by Crippen LogP contribution is 2.29. The van der Waals surface area contributed by atoms with Gasteiger partial charge in [-0.1, -0.05) is 29.8 Å². The van der Waals surface area contributed by atoms with Gasteiger partial charge in [0.25, 0.3) is 5.91 Å². The average Bonchev–Trinajstić information content (AvgIpc) is 3.32. The minimum Gasteiger partial charge on any atom is -0.466 e. The number of halogens is 1. The van der Waals surface area contributed by atoms with Crippen LogP contribution in [0.2, 0.25) is 5.02 Å². The van der Waals surface area contributed by atoms with Crippen molar-refractivity contribution in [2.45, 2.75) is 26.3 Å². The molecule has 5 nitrogen and oxygen atoms in total. The molecule has 0 unspecified atom stereocenters. The highest BCUT2D eigenvalue weighted by atomic mass is 35.5. The molecule has 29 heavy (non-hydrogen) atoms. The number of ether oxygens (including phenoxy) is 1. The van der Waals surface area contributed by atoms with Crippen molar-refractivity contribution in [1.82, 2.24) is 9.47 Å². The van der Waals surface area contributed by atoms with Crippen molar-refractivity contribution in [3.63, 3.8) is 0 Å². The van der Waals surface area contributed by atoms with Crippen molar-refractivity contribution in [2.24, 2.45) is 5.92 Å². The lowest BCUT2D eigenvalue weighted by Gasteiger charge is -2.31. The molecule has 0 bridgehead atoms. The zero-order valence-corrected chi connectivity index (χ0v) is 17.8. The fourth-order valence-electron chi connectivity index (χ4n) is 3.86. The zero-order chi connectivity index (χ0) is 20.4. The van der Waals surface area contributed by atoms with E-state index in [0.29, 0.717) is 49.8 Å². The SMILES string of the molecule is CCOC(=O)C1CCN(C(=O)c2cc3sccc3n2Cc2ccccc2Cl)CC1. The van der Waals surface area contributed by atoms with E-state index in [1.165, 1.54) is 0 Å². The Kier molecular flexibility index (Phi) is 5.92. The number of fused-ring (bicyclic) bond motifs is 1. The van der Waals surface area contributed by atoms with E-state index in [9.17, 15) is 9.59 Å². The van der Waals surface area contributed by atoms with Gasteiger partial charge in [0.15, 0.2) is 0 Å². The first-order valence-electron chi connectivity index (χ1n) is 9.84. The van der Waals surface area contributed by atoms with Gasteiger partial charge in [-0.2, -0.15) is 0 Å². The molecule has 1 aromatic carbocycles. The molecule has 0 saturated carbocycles. The molecular weight excluding hydrogens is 408 g/mol. The van der Waals surface area contributed by atoms with Crippen LogP contribution in [-0.4, -0.2) is 41.0 Å². The normalized spacial score (nSPS) is 15.0. The van der Waals surface area contributed by atoms with Gasteiger partial charge in [0.1, 0.15) is 5.69 Å². The summed E-state index contributed by atoms with van der Waals surface area (Å²) >= 11 is 7.99. The number of amides is 1. The van der Waals surface area contributed by atoms with Gasteiger partial charge in [0.2, 0.25) is 0 Å². The first-order chi connectivity index (χ1) is 14.1. The summed E-state index contributed by atoms with van der Waals surface area (Å²) in [7, 11) is 0. The third kappa shape index (κ3) is 4.05. The second-order valence-corrected chi connectivity index (χ2v) is 8.55. The van der Waals surface area contributed by atoms with Crippen molar-refractivity contribution in [1.29, 1.82) is 0 Å². The molecule has 0 aliphatic carbocycles. The fourth-order valence-corrected chi connectivity index (χ4v) is 4.88. The van der Waals surface area contributed by atoms with Gasteiger partial charge >= 0.3 is 5.97 Å². The number of hydrogen-bond donors (Lipinski definition) is 0. The number of benzene rings is 1. The van der Waals surface area contributed by atoms with Gasteiger partial charge in [0.05, 0.1) is 22.7 Å². The molecule has 0 N–H and O–H groups in total. The number of nitrogens with zero attached hydrogens (tertiary/aromatic N) is 2. The van der Waals surface area contributed by atoms with E-state index in [2.05, 4.69) is 0 Å². The Bertz CT molecular complexity index is 1030. The Hall–Kier alpha value is -2.31. The van der Waals surface area contributed by atoms with Gasteiger partial charge in [0, 0.05) is 24.7 Å². The van der Waals surface area contributed by atoms with Crippen LogP contribution < -0.4 is 0 Å². The molecule has 1 amide bonds. The average molecular weight is 431 g/mol. The summed E-state index contributed by atoms with van der Waals surface area (Å²) in [6.07, 6.45) is 1.29. The summed E-state index contributed by atoms with van der Waals surface area (Å²) < 4.78 is 8.26. The number of hydrogen-bond acceptors (Lipinski definition) is 4. The molecular formula is C22H23ClN2O3S. The molecule has 3 heterocycles. The van der Waals surface area contributed by atoms with Crippen LogP contribution in [0.3, 0.4) is 0 Å². The van der Waals surface area contributed by atoms with Gasteiger partial charge in [-0.25, -0.2) is 0 Å². The second kappa shape index (κ2) is 8.59. The number of rotatable bonds is 5. The monoisotopic (exact) mass is 430 g/mol. The van der Waals surface area contributed by atoms with E-state index in [1.807, 2.05) is 58.2 Å². The molecule has 152 valence electrons. The number of piperidine rings is 1. The molecule has 1 aliphatic heterocycles. The summed E-state index contributed by atoms with van der Waals surface area (Å²) in [5, 5.41) is 2.73. The van der Waals surface area contributed by atoms with E-state index in [4.69, 9.17) is 16.3 Å². The Morgan fingerprint density at radius 2 is 1.97 bits per heavy atom. The zero-order valence-electron chi connectivity index (χ0n) is 16.3. The minimum atomic E-state index is -0.151. The maximum Gasteiger partial charge on any atom is 0.309 e. The molecule has 1 saturated heterocycles. The van der Waals surface area contributed by atoms with Crippen LogP contribution in [0.1, 0.15) is 35.8 Å². The summed E-state index contributed by atoms with van der Waals surface area (Å²) in [5.41, 5.74) is 2.69. The predicted octanol–water partition coefficient (Wildman–Crippen LogP) is 4.82. The quantitative estimate of drug-likeness (QED) is 0.545. The second-order valence-electron chi connectivity index (χ2n) is 7.20. The van der Waals surface area contributed by atoms with Crippen LogP contribution in [0.5, 0.6) is 0 Å². The van der Waals surface area contributed by atoms with Crippen LogP contribution in [0, 0.1) is 5.92 Å². The van der Waals surface area contributed by atoms with Crippen LogP contribution in [0.4, 0.5) is 0 Å². The smallest absolute Gasteiger partial charge is 0.309 e. The molecule has 1 aliphatic rings. The Balaban J connectivity index is 1.56. The highest BCUT2D eigenvalue weighted by Gasteiger charge is 2.30. The van der Waals surface area contributed by atoms with E-state index in [0.717, 1.165) is 15.8 Å². The van der Waals surface area contributed by atoms with Crippen molar-refractivity contribution in [2.75, 3.05) is 19.7 Å². The predicted molar refractivity (Wildman–Crippen MR) is 116 cm³/mol. The largest absolute Gasteiger partial charge is 0.466 e. The number of likely N-dealkylation sites (tertiary alicyclic amines) is 1. The fraction of sp³-hybridized carbons (Fsp3) is 0.364. The first kappa shape index (κ1) is 20.0. The number of carbonyl (C=O) groups excluding carboxylic acids is 2. The lowest BCUT2D eigenvalue weighted by Crippen LogP contribution is -2.41. The number of aromatic nitrogens is 1. The summed E-state index contributed by atoms with van der Waals surface area (Å²) in [5.74, 6) is -0.262. The summed E-state index contributed by atoms with van der Waals surface area (Å²) in [4.78, 5) is 27.1. The molecule has 7 heteroatoms.